The largest absolute Gasteiger partial charge is 0.338 e. The molecule has 0 radical (unpaired) electrons. The van der Waals surface area contributed by atoms with Crippen molar-refractivity contribution in [2.45, 2.75) is 13.3 Å². The fourth-order valence-electron chi connectivity index (χ4n) is 3.46. The highest BCUT2D eigenvalue weighted by Gasteiger charge is 2.35. The van der Waals surface area contributed by atoms with E-state index in [1.165, 1.54) is 11.3 Å². The van der Waals surface area contributed by atoms with Crippen molar-refractivity contribution >= 4 is 64.6 Å². The van der Waals surface area contributed by atoms with E-state index in [-0.39, 0.29) is 36.1 Å². The average Bonchev–Trinajstić information content (AvgIpc) is 3.27. The molecule has 1 amide bonds. The fourth-order valence-corrected chi connectivity index (χ4v) is 4.47. The number of amides is 1. The van der Waals surface area contributed by atoms with Crippen LogP contribution >= 0.6 is 47.8 Å². The first-order chi connectivity index (χ1) is 12.5. The molecule has 0 bridgehead atoms. The van der Waals surface area contributed by atoms with Crippen molar-refractivity contribution in [3.05, 3.63) is 52.4 Å². The van der Waals surface area contributed by atoms with Crippen LogP contribution in [0.25, 0.3) is 21.5 Å². The van der Waals surface area contributed by atoms with E-state index >= 15 is 0 Å². The Kier molecular flexibility index (Phi) is 7.34. The van der Waals surface area contributed by atoms with Gasteiger partial charge in [-0.1, -0.05) is 36.7 Å². The number of fused-ring (bicyclic) bond motifs is 1. The number of thiophene rings is 1. The maximum Gasteiger partial charge on any atom is 0.254 e. The molecule has 3 heterocycles. The summed E-state index contributed by atoms with van der Waals surface area (Å²) in [4.78, 5) is 20.9. The number of nitrogens with zero attached hydrogens (tertiary/aromatic N) is 2. The third kappa shape index (κ3) is 4.29. The minimum Gasteiger partial charge on any atom is -0.338 e. The van der Waals surface area contributed by atoms with Gasteiger partial charge >= 0.3 is 0 Å². The normalized spacial score (nSPS) is 18.6. The topological polar surface area (TPSA) is 59.2 Å². The van der Waals surface area contributed by atoms with Gasteiger partial charge in [-0.25, -0.2) is 4.98 Å². The Bertz CT molecular complexity index is 994. The molecule has 0 saturated carbocycles. The molecule has 0 aliphatic carbocycles. The van der Waals surface area contributed by atoms with Gasteiger partial charge in [0.2, 0.25) is 0 Å². The van der Waals surface area contributed by atoms with E-state index in [2.05, 4.69) is 6.92 Å². The van der Waals surface area contributed by atoms with E-state index in [9.17, 15) is 4.79 Å². The highest BCUT2D eigenvalue weighted by atomic mass is 35.5. The van der Waals surface area contributed by atoms with Crippen molar-refractivity contribution in [1.29, 1.82) is 0 Å². The number of aromatic nitrogens is 1. The standard InChI is InChI=1S/C20H20ClN3OS.2ClH/c1-20(11-22)8-9-24(12-20)19(25)14-10-16(17-6-7-18(21)26-17)23-15-5-3-2-4-13(14)15;;/h2-7,10H,8-9,11-12,22H2,1H3;2*1H. The number of hydrogen-bond donors (Lipinski definition) is 1. The molecule has 150 valence electrons. The molecule has 28 heavy (non-hydrogen) atoms. The lowest BCUT2D eigenvalue weighted by atomic mass is 9.90. The predicted molar refractivity (Wildman–Crippen MR) is 122 cm³/mol. The minimum absolute atomic E-state index is 0. The molecule has 4 rings (SSSR count). The van der Waals surface area contributed by atoms with Gasteiger partial charge in [-0.3, -0.25) is 4.79 Å². The van der Waals surface area contributed by atoms with Crippen LogP contribution in [0.15, 0.2) is 42.5 Å². The number of pyridine rings is 1. The second-order valence-corrected chi connectivity index (χ2v) is 8.88. The van der Waals surface area contributed by atoms with Crippen LogP contribution in [-0.4, -0.2) is 35.4 Å². The lowest BCUT2D eigenvalue weighted by Gasteiger charge is -2.23. The molecule has 1 unspecified atom stereocenters. The van der Waals surface area contributed by atoms with E-state index < -0.39 is 0 Å². The van der Waals surface area contributed by atoms with E-state index in [1.54, 1.807) is 0 Å². The van der Waals surface area contributed by atoms with E-state index in [1.807, 2.05) is 47.4 Å². The van der Waals surface area contributed by atoms with E-state index in [0.717, 1.165) is 34.4 Å². The summed E-state index contributed by atoms with van der Waals surface area (Å²) in [5, 5.41) is 0.880. The molecule has 0 spiro atoms. The van der Waals surface area contributed by atoms with Crippen molar-refractivity contribution in [2.75, 3.05) is 19.6 Å². The molecule has 1 aliphatic heterocycles. The molecule has 3 aromatic rings. The van der Waals surface area contributed by atoms with Crippen molar-refractivity contribution in [2.24, 2.45) is 11.1 Å². The maximum atomic E-state index is 13.3. The van der Waals surface area contributed by atoms with Crippen LogP contribution in [0.1, 0.15) is 23.7 Å². The van der Waals surface area contributed by atoms with Crippen LogP contribution in [0, 0.1) is 5.41 Å². The number of rotatable bonds is 3. The van der Waals surface area contributed by atoms with Gasteiger partial charge in [-0.05, 0) is 42.6 Å². The number of halogens is 3. The van der Waals surface area contributed by atoms with Crippen LogP contribution in [0.3, 0.4) is 0 Å². The second kappa shape index (κ2) is 8.97. The smallest absolute Gasteiger partial charge is 0.254 e. The third-order valence-electron chi connectivity index (χ3n) is 5.11. The van der Waals surface area contributed by atoms with Crippen LogP contribution in [-0.2, 0) is 0 Å². The number of hydrogen-bond acceptors (Lipinski definition) is 4. The number of carbonyl (C=O) groups is 1. The highest BCUT2D eigenvalue weighted by molar-refractivity contribution is 7.19. The Morgan fingerprint density at radius 2 is 2.04 bits per heavy atom. The molecule has 1 aliphatic rings. The van der Waals surface area contributed by atoms with Gasteiger partial charge in [0.25, 0.3) is 5.91 Å². The van der Waals surface area contributed by atoms with Crippen LogP contribution in [0.5, 0.6) is 0 Å². The van der Waals surface area contributed by atoms with Gasteiger partial charge < -0.3 is 10.6 Å². The summed E-state index contributed by atoms with van der Waals surface area (Å²) in [6.45, 7) is 4.17. The number of nitrogens with two attached hydrogens (primary N) is 1. The Morgan fingerprint density at radius 1 is 1.29 bits per heavy atom. The molecule has 1 fully saturated rings. The maximum absolute atomic E-state index is 13.3. The van der Waals surface area contributed by atoms with Crippen LogP contribution < -0.4 is 5.73 Å². The Morgan fingerprint density at radius 3 is 2.68 bits per heavy atom. The summed E-state index contributed by atoms with van der Waals surface area (Å²) in [7, 11) is 0. The number of likely N-dealkylation sites (tertiary alicyclic amines) is 1. The molecule has 1 atom stereocenters. The quantitative estimate of drug-likeness (QED) is 0.581. The van der Waals surface area contributed by atoms with Gasteiger partial charge in [-0.15, -0.1) is 36.2 Å². The van der Waals surface area contributed by atoms with Gasteiger partial charge in [0.1, 0.15) is 0 Å². The minimum atomic E-state index is 0. The molecule has 2 aromatic heterocycles. The van der Waals surface area contributed by atoms with Crippen molar-refractivity contribution < 1.29 is 4.79 Å². The first kappa shape index (κ1) is 22.9. The molecule has 8 heteroatoms. The zero-order chi connectivity index (χ0) is 18.3. The van der Waals surface area contributed by atoms with E-state index in [0.29, 0.717) is 23.0 Å². The summed E-state index contributed by atoms with van der Waals surface area (Å²) < 4.78 is 0.709. The zero-order valence-electron chi connectivity index (χ0n) is 15.4. The summed E-state index contributed by atoms with van der Waals surface area (Å²) in [5.41, 5.74) is 8.20. The Hall–Kier alpha value is -1.37. The van der Waals surface area contributed by atoms with Crippen molar-refractivity contribution in [1.82, 2.24) is 9.88 Å². The molecule has 1 saturated heterocycles. The first-order valence-electron chi connectivity index (χ1n) is 8.64. The van der Waals surface area contributed by atoms with E-state index in [4.69, 9.17) is 22.3 Å². The Labute approximate surface area is 185 Å². The molecule has 2 N–H and O–H groups in total. The lowest BCUT2D eigenvalue weighted by molar-refractivity contribution is 0.0779. The second-order valence-electron chi connectivity index (χ2n) is 7.17. The predicted octanol–water partition coefficient (Wildman–Crippen LogP) is 5.27. The molecular formula is C20H22Cl3N3OS. The number of carbonyl (C=O) groups excluding carboxylic acids is 1. The summed E-state index contributed by atoms with van der Waals surface area (Å²) in [6, 6.07) is 13.5. The summed E-state index contributed by atoms with van der Waals surface area (Å²) in [5.74, 6) is 0.0460. The van der Waals surface area contributed by atoms with Crippen LogP contribution in [0.4, 0.5) is 0 Å². The van der Waals surface area contributed by atoms with Gasteiger partial charge in [0.05, 0.1) is 26.0 Å². The lowest BCUT2D eigenvalue weighted by Crippen LogP contribution is -2.34. The first-order valence-corrected chi connectivity index (χ1v) is 9.83. The molecule has 4 nitrogen and oxygen atoms in total. The molecule has 1 aromatic carbocycles. The summed E-state index contributed by atoms with van der Waals surface area (Å²) in [6.07, 6.45) is 0.936. The summed E-state index contributed by atoms with van der Waals surface area (Å²) >= 11 is 7.55. The Balaban J connectivity index is 0.00000140. The average molecular weight is 459 g/mol. The van der Waals surface area contributed by atoms with Crippen molar-refractivity contribution in [3.63, 3.8) is 0 Å². The van der Waals surface area contributed by atoms with Gasteiger partial charge in [0.15, 0.2) is 0 Å². The number of para-hydroxylation sites is 1. The highest BCUT2D eigenvalue weighted by Crippen LogP contribution is 2.34. The number of benzene rings is 1. The van der Waals surface area contributed by atoms with Crippen LogP contribution in [0.2, 0.25) is 4.34 Å². The fraction of sp³-hybridized carbons (Fsp3) is 0.300. The monoisotopic (exact) mass is 457 g/mol. The molecular weight excluding hydrogens is 437 g/mol. The van der Waals surface area contributed by atoms with Crippen molar-refractivity contribution in [3.8, 4) is 10.6 Å². The zero-order valence-corrected chi connectivity index (χ0v) is 18.6. The SMILES string of the molecule is CC1(CN)CCN(C(=O)c2cc(-c3ccc(Cl)s3)nc3ccccc23)C1.Cl.Cl. The third-order valence-corrected chi connectivity index (χ3v) is 6.36. The van der Waals surface area contributed by atoms with Gasteiger partial charge in [0, 0.05) is 18.5 Å². The van der Waals surface area contributed by atoms with Gasteiger partial charge in [-0.2, -0.15) is 0 Å².